The smallest absolute Gasteiger partial charge is 0.138 e. The van der Waals surface area contributed by atoms with E-state index in [9.17, 15) is 4.79 Å². The fraction of sp³-hybridized carbons (Fsp3) is 0.333. The van der Waals surface area contributed by atoms with Gasteiger partial charge in [-0.3, -0.25) is 9.48 Å². The van der Waals surface area contributed by atoms with Gasteiger partial charge in [-0.2, -0.15) is 5.10 Å². The number of carbonyl (C=O) groups excluding carboxylic acids is 1. The fourth-order valence-corrected chi connectivity index (χ4v) is 2.30. The first kappa shape index (κ1) is 12.1. The summed E-state index contributed by atoms with van der Waals surface area (Å²) >= 11 is 0. The molecule has 1 aliphatic rings. The van der Waals surface area contributed by atoms with Crippen molar-refractivity contribution in [1.82, 2.24) is 9.78 Å². The molecule has 0 spiro atoms. The second-order valence-corrected chi connectivity index (χ2v) is 4.81. The molecule has 0 bridgehead atoms. The van der Waals surface area contributed by atoms with Crippen molar-refractivity contribution in [2.24, 2.45) is 0 Å². The van der Waals surface area contributed by atoms with Crippen LogP contribution in [0.5, 0.6) is 0 Å². The van der Waals surface area contributed by atoms with Gasteiger partial charge in [0, 0.05) is 24.6 Å². The summed E-state index contributed by atoms with van der Waals surface area (Å²) in [6.45, 7) is 1.26. The second-order valence-electron chi connectivity index (χ2n) is 4.81. The van der Waals surface area contributed by atoms with Crippen molar-refractivity contribution in [2.45, 2.75) is 25.5 Å². The van der Waals surface area contributed by atoms with Crippen molar-refractivity contribution in [3.8, 4) is 0 Å². The first-order chi connectivity index (χ1) is 9.31. The first-order valence-electron chi connectivity index (χ1n) is 6.51. The summed E-state index contributed by atoms with van der Waals surface area (Å²) in [5.41, 5.74) is 2.20. The third-order valence-electron chi connectivity index (χ3n) is 3.33. The highest BCUT2D eigenvalue weighted by Crippen LogP contribution is 2.25. The van der Waals surface area contributed by atoms with Gasteiger partial charge in [0.25, 0.3) is 0 Å². The Morgan fingerprint density at radius 2 is 2.16 bits per heavy atom. The molecule has 98 valence electrons. The summed E-state index contributed by atoms with van der Waals surface area (Å²) in [4.78, 5) is 11.4. The van der Waals surface area contributed by atoms with Crippen LogP contribution in [0.25, 0.3) is 0 Å². The Hall–Kier alpha value is -1.94. The number of rotatable bonds is 3. The van der Waals surface area contributed by atoms with E-state index >= 15 is 0 Å². The van der Waals surface area contributed by atoms with Gasteiger partial charge in [-0.05, 0) is 5.56 Å². The molecule has 1 aromatic carbocycles. The zero-order chi connectivity index (χ0) is 13.1. The van der Waals surface area contributed by atoms with Gasteiger partial charge in [0.05, 0.1) is 25.5 Å². The SMILES string of the molecule is O=C1CCOC(c2cnn(Cc3ccccc3)c2)C1. The number of nitrogens with zero attached hydrogens (tertiary/aromatic N) is 2. The van der Waals surface area contributed by atoms with Crippen LogP contribution in [0.15, 0.2) is 42.7 Å². The number of aromatic nitrogens is 2. The lowest BCUT2D eigenvalue weighted by Gasteiger charge is -2.20. The lowest BCUT2D eigenvalue weighted by molar-refractivity contribution is -0.128. The summed E-state index contributed by atoms with van der Waals surface area (Å²) in [5.74, 6) is 0.270. The molecule has 4 heteroatoms. The zero-order valence-electron chi connectivity index (χ0n) is 10.7. The molecule has 1 aliphatic heterocycles. The van der Waals surface area contributed by atoms with Crippen LogP contribution in [0.4, 0.5) is 0 Å². The summed E-state index contributed by atoms with van der Waals surface area (Å²) in [7, 11) is 0. The van der Waals surface area contributed by atoms with E-state index in [0.717, 1.165) is 12.1 Å². The van der Waals surface area contributed by atoms with E-state index in [1.54, 1.807) is 6.20 Å². The van der Waals surface area contributed by atoms with Crippen LogP contribution >= 0.6 is 0 Å². The quantitative estimate of drug-likeness (QED) is 0.846. The van der Waals surface area contributed by atoms with Gasteiger partial charge in [-0.15, -0.1) is 0 Å². The lowest BCUT2D eigenvalue weighted by Crippen LogP contribution is -2.19. The number of Topliss-reactive ketones (excluding diaryl/α,β-unsaturated/α-hetero) is 1. The maximum atomic E-state index is 11.4. The summed E-state index contributed by atoms with van der Waals surface area (Å²) in [5, 5.41) is 4.34. The highest BCUT2D eigenvalue weighted by molar-refractivity contribution is 5.79. The lowest BCUT2D eigenvalue weighted by atomic mass is 10.0. The highest BCUT2D eigenvalue weighted by Gasteiger charge is 2.22. The fourth-order valence-electron chi connectivity index (χ4n) is 2.30. The standard InChI is InChI=1S/C15H16N2O2/c18-14-6-7-19-15(8-14)13-9-16-17(11-13)10-12-4-2-1-3-5-12/h1-5,9,11,15H,6-8,10H2. The highest BCUT2D eigenvalue weighted by atomic mass is 16.5. The Labute approximate surface area is 112 Å². The predicted octanol–water partition coefficient (Wildman–Crippen LogP) is 2.35. The normalized spacial score (nSPS) is 19.6. The maximum Gasteiger partial charge on any atom is 0.138 e. The van der Waals surface area contributed by atoms with Crippen LogP contribution in [0.2, 0.25) is 0 Å². The molecule has 1 saturated heterocycles. The molecule has 1 aromatic heterocycles. The first-order valence-corrected chi connectivity index (χ1v) is 6.51. The van der Waals surface area contributed by atoms with E-state index in [2.05, 4.69) is 17.2 Å². The van der Waals surface area contributed by atoms with Crippen molar-refractivity contribution in [1.29, 1.82) is 0 Å². The molecule has 4 nitrogen and oxygen atoms in total. The molecule has 1 atom stereocenters. The summed E-state index contributed by atoms with van der Waals surface area (Å²) in [6, 6.07) is 10.2. The van der Waals surface area contributed by atoms with Crippen molar-refractivity contribution >= 4 is 5.78 Å². The Kier molecular flexibility index (Phi) is 3.42. The van der Waals surface area contributed by atoms with Gasteiger partial charge in [0.15, 0.2) is 0 Å². The van der Waals surface area contributed by atoms with Crippen molar-refractivity contribution < 1.29 is 9.53 Å². The number of hydrogen-bond donors (Lipinski definition) is 0. The van der Waals surface area contributed by atoms with Gasteiger partial charge < -0.3 is 4.74 Å². The van der Waals surface area contributed by atoms with E-state index in [0.29, 0.717) is 19.4 Å². The van der Waals surface area contributed by atoms with Crippen LogP contribution in [-0.2, 0) is 16.1 Å². The minimum atomic E-state index is -0.120. The van der Waals surface area contributed by atoms with E-state index in [4.69, 9.17) is 4.74 Å². The van der Waals surface area contributed by atoms with Gasteiger partial charge >= 0.3 is 0 Å². The Balaban J connectivity index is 1.71. The molecule has 1 fully saturated rings. The molecular weight excluding hydrogens is 240 g/mol. The van der Waals surface area contributed by atoms with Gasteiger partial charge in [0.1, 0.15) is 5.78 Å². The molecule has 19 heavy (non-hydrogen) atoms. The minimum absolute atomic E-state index is 0.120. The summed E-state index contributed by atoms with van der Waals surface area (Å²) < 4.78 is 7.51. The largest absolute Gasteiger partial charge is 0.372 e. The third-order valence-corrected chi connectivity index (χ3v) is 3.33. The van der Waals surface area contributed by atoms with Crippen LogP contribution in [-0.4, -0.2) is 22.2 Å². The second kappa shape index (κ2) is 5.36. The predicted molar refractivity (Wildman–Crippen MR) is 70.7 cm³/mol. The molecule has 3 rings (SSSR count). The number of hydrogen-bond acceptors (Lipinski definition) is 3. The van der Waals surface area contributed by atoms with Crippen molar-refractivity contribution in [3.05, 3.63) is 53.9 Å². The molecular formula is C15H16N2O2. The average Bonchev–Trinajstić information content (AvgIpc) is 2.88. The van der Waals surface area contributed by atoms with E-state index < -0.39 is 0 Å². The Morgan fingerprint density at radius 1 is 1.32 bits per heavy atom. The Bertz CT molecular complexity index is 563. The molecule has 0 aliphatic carbocycles. The molecule has 2 aromatic rings. The number of carbonyl (C=O) groups is 1. The van der Waals surface area contributed by atoms with Crippen LogP contribution in [0, 0.1) is 0 Å². The summed E-state index contributed by atoms with van der Waals surface area (Å²) in [6.07, 6.45) is 4.65. The van der Waals surface area contributed by atoms with Gasteiger partial charge in [-0.1, -0.05) is 30.3 Å². The molecule has 2 heterocycles. The molecule has 0 saturated carbocycles. The van der Waals surface area contributed by atoms with Crippen LogP contribution in [0.3, 0.4) is 0 Å². The average molecular weight is 256 g/mol. The van der Waals surface area contributed by atoms with Crippen molar-refractivity contribution in [2.75, 3.05) is 6.61 Å². The number of benzene rings is 1. The van der Waals surface area contributed by atoms with Crippen LogP contribution < -0.4 is 0 Å². The third kappa shape index (κ3) is 2.90. The van der Waals surface area contributed by atoms with Gasteiger partial charge in [0.2, 0.25) is 0 Å². The zero-order valence-corrected chi connectivity index (χ0v) is 10.7. The number of ketones is 1. The minimum Gasteiger partial charge on any atom is -0.372 e. The van der Waals surface area contributed by atoms with E-state index in [-0.39, 0.29) is 11.9 Å². The van der Waals surface area contributed by atoms with E-state index in [1.165, 1.54) is 5.56 Å². The monoisotopic (exact) mass is 256 g/mol. The maximum absolute atomic E-state index is 11.4. The number of ether oxygens (including phenoxy) is 1. The topological polar surface area (TPSA) is 44.1 Å². The van der Waals surface area contributed by atoms with Crippen LogP contribution in [0.1, 0.15) is 30.1 Å². The molecule has 0 N–H and O–H groups in total. The molecule has 1 unspecified atom stereocenters. The molecule has 0 amide bonds. The van der Waals surface area contributed by atoms with Gasteiger partial charge in [-0.25, -0.2) is 0 Å². The van der Waals surface area contributed by atoms with Crippen molar-refractivity contribution in [3.63, 3.8) is 0 Å². The molecule has 0 radical (unpaired) electrons. The Morgan fingerprint density at radius 3 is 2.95 bits per heavy atom. The van der Waals surface area contributed by atoms with E-state index in [1.807, 2.05) is 29.1 Å².